The van der Waals surface area contributed by atoms with Crippen LogP contribution in [0.15, 0.2) is 24.3 Å². The molecule has 0 aliphatic rings. The first-order chi connectivity index (χ1) is 25.5. The van der Waals surface area contributed by atoms with E-state index in [1.165, 1.54) is 193 Å². The van der Waals surface area contributed by atoms with Gasteiger partial charge in [-0.25, -0.2) is 0 Å². The van der Waals surface area contributed by atoms with E-state index in [0.717, 1.165) is 25.7 Å². The van der Waals surface area contributed by atoms with Crippen molar-refractivity contribution in [1.29, 1.82) is 0 Å². The van der Waals surface area contributed by atoms with E-state index in [2.05, 4.69) is 31.3 Å². The molecule has 3 unspecified atom stereocenters. The highest BCUT2D eigenvalue weighted by Gasteiger charge is 2.20. The second-order valence-electron chi connectivity index (χ2n) is 16.0. The van der Waals surface area contributed by atoms with E-state index in [1.54, 1.807) is 6.08 Å². The fourth-order valence-corrected chi connectivity index (χ4v) is 7.16. The van der Waals surface area contributed by atoms with Gasteiger partial charge in [0.05, 0.1) is 31.3 Å². The van der Waals surface area contributed by atoms with E-state index < -0.39 is 18.2 Å². The maximum Gasteiger partial charge on any atom is 0.222 e. The summed E-state index contributed by atoms with van der Waals surface area (Å²) in [5.41, 5.74) is 0. The summed E-state index contributed by atoms with van der Waals surface area (Å²) in [7, 11) is 0. The summed E-state index contributed by atoms with van der Waals surface area (Å²) in [6.45, 7) is 4.19. The van der Waals surface area contributed by atoms with E-state index in [4.69, 9.17) is 0 Å². The normalized spacial score (nSPS) is 13.7. The van der Waals surface area contributed by atoms with Gasteiger partial charge in [0.25, 0.3) is 0 Å². The molecule has 0 rings (SSSR count). The van der Waals surface area contributed by atoms with Gasteiger partial charge in [-0.05, 0) is 44.9 Å². The third-order valence-corrected chi connectivity index (χ3v) is 10.7. The smallest absolute Gasteiger partial charge is 0.222 e. The minimum atomic E-state index is -0.924. The van der Waals surface area contributed by atoms with E-state index in [-0.39, 0.29) is 18.9 Å². The number of rotatable bonds is 42. The molecule has 52 heavy (non-hydrogen) atoms. The summed E-state index contributed by atoms with van der Waals surface area (Å²) >= 11 is 0. The van der Waals surface area contributed by atoms with Gasteiger partial charge in [0.1, 0.15) is 0 Å². The van der Waals surface area contributed by atoms with Crippen LogP contribution in [0.25, 0.3) is 0 Å². The van der Waals surface area contributed by atoms with Gasteiger partial charge in [0.15, 0.2) is 0 Å². The highest BCUT2D eigenvalue weighted by atomic mass is 16.3. The van der Waals surface area contributed by atoms with Crippen LogP contribution in [-0.4, -0.2) is 46.1 Å². The molecule has 0 fully saturated rings. The maximum absolute atomic E-state index is 12.4. The Balaban J connectivity index is 3.51. The van der Waals surface area contributed by atoms with E-state index in [0.29, 0.717) is 6.42 Å². The molecule has 0 aliphatic heterocycles. The van der Waals surface area contributed by atoms with Gasteiger partial charge in [0.2, 0.25) is 5.91 Å². The third kappa shape index (κ3) is 38.6. The van der Waals surface area contributed by atoms with Gasteiger partial charge in [0, 0.05) is 0 Å². The van der Waals surface area contributed by atoms with Crippen LogP contribution >= 0.6 is 0 Å². The van der Waals surface area contributed by atoms with Crippen LogP contribution < -0.4 is 5.32 Å². The zero-order chi connectivity index (χ0) is 38.0. The lowest BCUT2D eigenvalue weighted by Crippen LogP contribution is -2.45. The number of hydrogen-bond donors (Lipinski definition) is 4. The first-order valence-electron chi connectivity index (χ1n) is 23.1. The second-order valence-corrected chi connectivity index (χ2v) is 16.0. The number of hydrogen-bond acceptors (Lipinski definition) is 4. The minimum Gasteiger partial charge on any atom is -0.394 e. The highest BCUT2D eigenvalue weighted by molar-refractivity contribution is 5.76. The van der Waals surface area contributed by atoms with Gasteiger partial charge >= 0.3 is 0 Å². The molecule has 0 saturated carbocycles. The predicted octanol–water partition coefficient (Wildman–Crippen LogP) is 13.4. The van der Waals surface area contributed by atoms with Crippen LogP contribution in [0.1, 0.15) is 245 Å². The fraction of sp³-hybridized carbons (Fsp3) is 0.894. The molecule has 0 heterocycles. The highest BCUT2D eigenvalue weighted by Crippen LogP contribution is 2.16. The minimum absolute atomic E-state index is 0.0151. The number of nitrogens with one attached hydrogen (secondary N) is 1. The van der Waals surface area contributed by atoms with E-state index in [9.17, 15) is 20.1 Å². The molecular formula is C47H91NO4. The number of carbonyl (C=O) groups excluding carboxylic acids is 1. The van der Waals surface area contributed by atoms with Crippen LogP contribution in [0.2, 0.25) is 0 Å². The molecule has 308 valence electrons. The Morgan fingerprint density at radius 2 is 0.808 bits per heavy atom. The van der Waals surface area contributed by atoms with E-state index in [1.807, 2.05) is 6.08 Å². The van der Waals surface area contributed by atoms with Gasteiger partial charge < -0.3 is 20.6 Å². The van der Waals surface area contributed by atoms with Crippen molar-refractivity contribution in [1.82, 2.24) is 5.32 Å². The average Bonchev–Trinajstić information content (AvgIpc) is 3.14. The van der Waals surface area contributed by atoms with Gasteiger partial charge in [-0.3, -0.25) is 4.79 Å². The SMILES string of the molecule is CCCCCCCCC/C=C/C(O)C(CO)NC(=O)CC(O)CCCCCCCCCCCCCC/C=C\CCCCCCCCCCCCCC. The number of aliphatic hydroxyl groups excluding tert-OH is 3. The Bertz CT molecular complexity index is 768. The largest absolute Gasteiger partial charge is 0.394 e. The lowest BCUT2D eigenvalue weighted by molar-refractivity contribution is -0.124. The van der Waals surface area contributed by atoms with Crippen LogP contribution in [0.4, 0.5) is 0 Å². The lowest BCUT2D eigenvalue weighted by atomic mass is 10.0. The van der Waals surface area contributed by atoms with Gasteiger partial charge in [-0.2, -0.15) is 0 Å². The van der Waals surface area contributed by atoms with Crippen molar-refractivity contribution in [2.24, 2.45) is 0 Å². The number of amides is 1. The first-order valence-corrected chi connectivity index (χ1v) is 23.1. The standard InChI is InChI=1S/C47H91NO4/c1-3-5-7-9-11-13-14-15-16-17-18-19-20-21-22-23-24-25-26-27-28-29-30-31-33-34-36-38-40-44(50)42-47(52)48-45(43-49)46(51)41-39-37-35-32-12-10-8-6-4-2/h21-22,39,41,44-46,49-51H,3-20,23-38,40,42-43H2,1-2H3,(H,48,52)/b22-21-,41-39+. The summed E-state index contributed by atoms with van der Waals surface area (Å²) < 4.78 is 0. The summed E-state index contributed by atoms with van der Waals surface area (Å²) in [4.78, 5) is 12.4. The first kappa shape index (κ1) is 50.8. The van der Waals surface area contributed by atoms with Crippen molar-refractivity contribution in [3.8, 4) is 0 Å². The molecule has 0 radical (unpaired) electrons. The maximum atomic E-state index is 12.4. The second kappa shape index (κ2) is 42.6. The van der Waals surface area contributed by atoms with Crippen molar-refractivity contribution in [2.75, 3.05) is 6.61 Å². The predicted molar refractivity (Wildman–Crippen MR) is 227 cm³/mol. The molecule has 0 aromatic heterocycles. The Morgan fingerprint density at radius 1 is 0.481 bits per heavy atom. The number of carbonyl (C=O) groups is 1. The molecule has 1 amide bonds. The van der Waals surface area contributed by atoms with Gasteiger partial charge in [-0.15, -0.1) is 0 Å². The van der Waals surface area contributed by atoms with Crippen LogP contribution in [0, 0.1) is 0 Å². The molecule has 0 aromatic carbocycles. The molecule has 0 aromatic rings. The third-order valence-electron chi connectivity index (χ3n) is 10.7. The van der Waals surface area contributed by atoms with Crippen LogP contribution in [-0.2, 0) is 4.79 Å². The molecule has 0 saturated heterocycles. The fourth-order valence-electron chi connectivity index (χ4n) is 7.16. The molecule has 5 heteroatoms. The molecule has 5 nitrogen and oxygen atoms in total. The van der Waals surface area contributed by atoms with Gasteiger partial charge in [-0.1, -0.05) is 218 Å². The molecule has 0 spiro atoms. The van der Waals surface area contributed by atoms with Crippen LogP contribution in [0.3, 0.4) is 0 Å². The summed E-state index contributed by atoms with van der Waals surface area (Å²) in [5.74, 6) is -0.317. The average molecular weight is 734 g/mol. The zero-order valence-electron chi connectivity index (χ0n) is 35.0. The summed E-state index contributed by atoms with van der Waals surface area (Å²) in [5, 5.41) is 33.1. The number of allylic oxidation sites excluding steroid dienone is 3. The summed E-state index contributed by atoms with van der Waals surface area (Å²) in [6, 6.07) is -0.740. The van der Waals surface area contributed by atoms with Crippen molar-refractivity contribution in [2.45, 2.75) is 263 Å². The number of unbranched alkanes of at least 4 members (excludes halogenated alkanes) is 31. The Morgan fingerprint density at radius 3 is 1.17 bits per heavy atom. The molecule has 0 aliphatic carbocycles. The molecule has 4 N–H and O–H groups in total. The Hall–Kier alpha value is -1.17. The Kier molecular flexibility index (Phi) is 41.6. The zero-order valence-corrected chi connectivity index (χ0v) is 35.0. The lowest BCUT2D eigenvalue weighted by Gasteiger charge is -2.21. The monoisotopic (exact) mass is 734 g/mol. The molecular weight excluding hydrogens is 643 g/mol. The van der Waals surface area contributed by atoms with Crippen LogP contribution in [0.5, 0.6) is 0 Å². The van der Waals surface area contributed by atoms with Crippen molar-refractivity contribution in [3.05, 3.63) is 24.3 Å². The topological polar surface area (TPSA) is 89.8 Å². The summed E-state index contributed by atoms with van der Waals surface area (Å²) in [6.07, 6.45) is 52.1. The van der Waals surface area contributed by atoms with Crippen molar-refractivity contribution in [3.63, 3.8) is 0 Å². The molecule has 0 bridgehead atoms. The van der Waals surface area contributed by atoms with E-state index >= 15 is 0 Å². The number of aliphatic hydroxyl groups is 3. The Labute approximate surface area is 324 Å². The quantitative estimate of drug-likeness (QED) is 0.0371. The molecule has 3 atom stereocenters. The van der Waals surface area contributed by atoms with Crippen molar-refractivity contribution >= 4 is 5.91 Å². The van der Waals surface area contributed by atoms with Crippen molar-refractivity contribution < 1.29 is 20.1 Å².